The van der Waals surface area contributed by atoms with Crippen molar-refractivity contribution in [3.8, 4) is 0 Å². The van der Waals surface area contributed by atoms with Crippen LogP contribution in [0.4, 0.5) is 30.6 Å². The summed E-state index contributed by atoms with van der Waals surface area (Å²) in [7, 11) is 0. The lowest BCUT2D eigenvalue weighted by Gasteiger charge is -2.10. The highest BCUT2D eigenvalue weighted by Crippen LogP contribution is 2.20. The lowest BCUT2D eigenvalue weighted by Crippen LogP contribution is -2.30. The molecule has 0 heterocycles. The normalized spacial score (nSPS) is 10.5. The molecule has 0 unspecified atom stereocenters. The molecule has 49 heavy (non-hydrogen) atoms. The molecule has 0 radical (unpaired) electrons. The van der Waals surface area contributed by atoms with Crippen LogP contribution < -0.4 is 31.9 Å². The number of thioether (sulfide) groups is 2. The SMILES string of the molecule is O=C(NCCCCCCNC(=O)OCOC(=O)NCCCCCCNC(=O)Nc1ccc(SCCO)cc1)Nc1ccc(SCCO)cc1. The van der Waals surface area contributed by atoms with Gasteiger partial charge in [-0.3, -0.25) is 0 Å². The van der Waals surface area contributed by atoms with Crippen LogP contribution in [0.3, 0.4) is 0 Å². The van der Waals surface area contributed by atoms with Crippen LogP contribution in [0.15, 0.2) is 58.3 Å². The van der Waals surface area contributed by atoms with Gasteiger partial charge in [0.15, 0.2) is 0 Å². The summed E-state index contributed by atoms with van der Waals surface area (Å²) in [5.74, 6) is 1.26. The molecular weight excluding hydrogens is 673 g/mol. The highest BCUT2D eigenvalue weighted by molar-refractivity contribution is 7.99. The van der Waals surface area contributed by atoms with E-state index in [2.05, 4.69) is 31.9 Å². The summed E-state index contributed by atoms with van der Waals surface area (Å²) in [6, 6.07) is 14.3. The van der Waals surface area contributed by atoms with Crippen molar-refractivity contribution in [3.63, 3.8) is 0 Å². The molecule has 0 aliphatic rings. The van der Waals surface area contributed by atoms with Gasteiger partial charge >= 0.3 is 24.2 Å². The number of rotatable bonds is 24. The fourth-order valence-electron chi connectivity index (χ4n) is 4.18. The Morgan fingerprint density at radius 1 is 0.510 bits per heavy atom. The summed E-state index contributed by atoms with van der Waals surface area (Å²) >= 11 is 3.09. The van der Waals surface area contributed by atoms with Gasteiger partial charge in [0.1, 0.15) is 0 Å². The van der Waals surface area contributed by atoms with Gasteiger partial charge in [-0.15, -0.1) is 23.5 Å². The summed E-state index contributed by atoms with van der Waals surface area (Å²) in [6.45, 7) is 1.67. The first kappa shape index (κ1) is 41.3. The van der Waals surface area contributed by atoms with E-state index in [9.17, 15) is 19.2 Å². The second-order valence-corrected chi connectivity index (χ2v) is 13.0. The van der Waals surface area contributed by atoms with Crippen molar-refractivity contribution in [1.29, 1.82) is 0 Å². The molecule has 8 N–H and O–H groups in total. The number of hydrogen-bond acceptors (Lipinski definition) is 10. The Kier molecular flexibility index (Phi) is 22.8. The summed E-state index contributed by atoms with van der Waals surface area (Å²) in [4.78, 5) is 49.6. The van der Waals surface area contributed by atoms with Crippen LogP contribution in [0.1, 0.15) is 51.4 Å². The molecule has 0 spiro atoms. The highest BCUT2D eigenvalue weighted by atomic mass is 32.2. The van der Waals surface area contributed by atoms with Crippen molar-refractivity contribution in [1.82, 2.24) is 21.3 Å². The quantitative estimate of drug-likeness (QED) is 0.0398. The Bertz CT molecular complexity index is 1130. The van der Waals surface area contributed by atoms with Crippen molar-refractivity contribution >= 4 is 59.1 Å². The van der Waals surface area contributed by atoms with Gasteiger partial charge < -0.3 is 51.6 Å². The van der Waals surface area contributed by atoms with E-state index in [4.69, 9.17) is 19.7 Å². The molecule has 6 amide bonds. The number of carbonyl (C=O) groups is 4. The third-order valence-corrected chi connectivity index (χ3v) is 8.63. The third-order valence-electron chi connectivity index (χ3n) is 6.64. The van der Waals surface area contributed by atoms with Crippen LogP contribution in [0.25, 0.3) is 0 Å². The molecule has 0 aliphatic carbocycles. The van der Waals surface area contributed by atoms with Crippen molar-refractivity contribution in [2.75, 3.05) is 68.3 Å². The summed E-state index contributed by atoms with van der Waals surface area (Å²) in [5.41, 5.74) is 1.39. The number of urea groups is 2. The van der Waals surface area contributed by atoms with Crippen molar-refractivity contribution in [2.45, 2.75) is 61.2 Å². The molecular formula is C33H50N6O8S2. The second kappa shape index (κ2) is 27.0. The predicted molar refractivity (Wildman–Crippen MR) is 193 cm³/mol. The lowest BCUT2D eigenvalue weighted by atomic mass is 10.2. The zero-order chi connectivity index (χ0) is 35.4. The minimum Gasteiger partial charge on any atom is -0.412 e. The number of alkyl carbamates (subject to hydrolysis) is 2. The van der Waals surface area contributed by atoms with Crippen molar-refractivity contribution in [3.05, 3.63) is 48.5 Å². The van der Waals surface area contributed by atoms with Crippen molar-refractivity contribution in [2.24, 2.45) is 0 Å². The third kappa shape index (κ3) is 21.7. The molecule has 16 heteroatoms. The molecule has 14 nitrogen and oxygen atoms in total. The number of anilines is 2. The summed E-state index contributed by atoms with van der Waals surface area (Å²) < 4.78 is 9.71. The molecule has 0 aliphatic heterocycles. The standard InChI is InChI=1S/C33H50N6O8S2/c40-21-23-48-28-13-9-26(10-14-28)38-30(42)34-17-5-1-3-7-19-36-32(44)46-25-47-33(45)37-20-8-4-2-6-18-35-31(43)39-27-11-15-29(16-12-27)49-24-22-41/h9-16,40-41H,1-8,17-25H2,(H,36,44)(H,37,45)(H2,34,38,42)(H2,35,39,43). The molecule has 0 atom stereocenters. The topological polar surface area (TPSA) is 199 Å². The van der Waals surface area contributed by atoms with Gasteiger partial charge in [0, 0.05) is 58.9 Å². The zero-order valence-corrected chi connectivity index (χ0v) is 29.4. The van der Waals surface area contributed by atoms with Crippen LogP contribution >= 0.6 is 23.5 Å². The molecule has 0 fully saturated rings. The zero-order valence-electron chi connectivity index (χ0n) is 27.8. The molecule has 0 saturated carbocycles. The molecule has 2 aromatic rings. The summed E-state index contributed by atoms with van der Waals surface area (Å²) in [5, 5.41) is 34.2. The fourth-order valence-corrected chi connectivity index (χ4v) is 5.49. The number of amides is 6. The van der Waals surface area contributed by atoms with E-state index in [1.165, 1.54) is 0 Å². The number of aliphatic hydroxyl groups is 2. The Balaban J connectivity index is 1.34. The van der Waals surface area contributed by atoms with Gasteiger partial charge in [0.25, 0.3) is 0 Å². The number of ether oxygens (including phenoxy) is 2. The highest BCUT2D eigenvalue weighted by Gasteiger charge is 2.06. The smallest absolute Gasteiger partial charge is 0.410 e. The Morgan fingerprint density at radius 3 is 1.20 bits per heavy atom. The van der Waals surface area contributed by atoms with E-state index in [1.54, 1.807) is 23.5 Å². The van der Waals surface area contributed by atoms with E-state index >= 15 is 0 Å². The van der Waals surface area contributed by atoms with Gasteiger partial charge in [0.2, 0.25) is 6.79 Å². The summed E-state index contributed by atoms with van der Waals surface area (Å²) in [6.07, 6.45) is 5.25. The first-order valence-electron chi connectivity index (χ1n) is 16.5. The van der Waals surface area contributed by atoms with E-state index in [1.807, 2.05) is 48.5 Å². The largest absolute Gasteiger partial charge is 0.412 e. The van der Waals surface area contributed by atoms with Crippen molar-refractivity contribution < 1.29 is 38.9 Å². The van der Waals surface area contributed by atoms with Crippen LogP contribution in [-0.4, -0.2) is 92.2 Å². The van der Waals surface area contributed by atoms with Crippen LogP contribution in [0.5, 0.6) is 0 Å². The average Bonchev–Trinajstić information content (AvgIpc) is 3.10. The van der Waals surface area contributed by atoms with Gasteiger partial charge in [-0.1, -0.05) is 25.7 Å². The molecule has 2 rings (SSSR count). The van der Waals surface area contributed by atoms with E-state index in [0.717, 1.165) is 61.2 Å². The first-order valence-corrected chi connectivity index (χ1v) is 18.4. The Morgan fingerprint density at radius 2 is 0.857 bits per heavy atom. The van der Waals surface area contributed by atoms with E-state index in [0.29, 0.717) is 49.1 Å². The molecule has 0 aromatic heterocycles. The van der Waals surface area contributed by atoms with Crippen LogP contribution in [0, 0.1) is 0 Å². The Labute approximate surface area is 296 Å². The van der Waals surface area contributed by atoms with E-state index in [-0.39, 0.29) is 25.3 Å². The number of benzene rings is 2. The predicted octanol–water partition coefficient (Wildman–Crippen LogP) is 5.33. The number of carbonyl (C=O) groups excluding carboxylic acids is 4. The maximum Gasteiger partial charge on any atom is 0.410 e. The molecule has 2 aromatic carbocycles. The first-order chi connectivity index (χ1) is 23.9. The fraction of sp³-hybridized carbons (Fsp3) is 0.515. The minimum absolute atomic E-state index is 0.119. The minimum atomic E-state index is -0.667. The lowest BCUT2D eigenvalue weighted by molar-refractivity contribution is 0.0244. The Hall–Kier alpha value is -3.86. The van der Waals surface area contributed by atoms with Crippen LogP contribution in [-0.2, 0) is 9.47 Å². The molecule has 272 valence electrons. The van der Waals surface area contributed by atoms with Gasteiger partial charge in [-0.2, -0.15) is 0 Å². The number of nitrogens with one attached hydrogen (secondary N) is 6. The maximum absolute atomic E-state index is 12.0. The van der Waals surface area contributed by atoms with Gasteiger partial charge in [-0.05, 0) is 74.2 Å². The molecule has 0 bridgehead atoms. The second-order valence-electron chi connectivity index (χ2n) is 10.6. The number of hydrogen-bond donors (Lipinski definition) is 8. The van der Waals surface area contributed by atoms with Gasteiger partial charge in [0.05, 0.1) is 13.2 Å². The van der Waals surface area contributed by atoms with E-state index < -0.39 is 19.0 Å². The number of unbranched alkanes of at least 4 members (excludes halogenated alkanes) is 6. The van der Waals surface area contributed by atoms with Gasteiger partial charge in [-0.25, -0.2) is 19.2 Å². The average molecular weight is 723 g/mol. The number of aliphatic hydroxyl groups excluding tert-OH is 2. The monoisotopic (exact) mass is 722 g/mol. The molecule has 0 saturated heterocycles. The maximum atomic E-state index is 12.0. The van der Waals surface area contributed by atoms with Crippen LogP contribution in [0.2, 0.25) is 0 Å².